The van der Waals surface area contributed by atoms with Gasteiger partial charge < -0.3 is 10.2 Å². The SMILES string of the molecule is CC(=O)O.N#CCC(=O)O. The minimum absolute atomic E-state index is 0.403. The molecule has 0 aliphatic carbocycles. The molecule has 0 saturated heterocycles. The first-order valence-electron chi connectivity index (χ1n) is 2.29. The van der Waals surface area contributed by atoms with Crippen LogP contribution in [0.5, 0.6) is 0 Å². The third-order valence-electron chi connectivity index (χ3n) is 0.230. The molecular formula is C5H7NO4. The molecule has 0 fully saturated rings. The van der Waals surface area contributed by atoms with Gasteiger partial charge in [-0.2, -0.15) is 5.26 Å². The van der Waals surface area contributed by atoms with Gasteiger partial charge in [0.25, 0.3) is 5.97 Å². The lowest BCUT2D eigenvalue weighted by molar-refractivity contribution is -0.136. The molecule has 0 spiro atoms. The maximum absolute atomic E-state index is 9.38. The van der Waals surface area contributed by atoms with E-state index in [1.165, 1.54) is 6.07 Å². The average Bonchev–Trinajstić information content (AvgIpc) is 1.62. The second-order valence-corrected chi connectivity index (χ2v) is 1.25. The average molecular weight is 145 g/mol. The van der Waals surface area contributed by atoms with Crippen LogP contribution in [0.15, 0.2) is 0 Å². The molecule has 0 amide bonds. The van der Waals surface area contributed by atoms with Gasteiger partial charge in [-0.3, -0.25) is 9.59 Å². The first-order valence-corrected chi connectivity index (χ1v) is 2.29. The standard InChI is InChI=1S/C3H3NO2.C2H4O2/c4-2-1-3(5)6;1-2(3)4/h1H2,(H,5,6);1H3,(H,3,4). The highest BCUT2D eigenvalue weighted by Crippen LogP contribution is 1.68. The second kappa shape index (κ2) is 7.43. The number of carboxylic acids is 2. The molecule has 0 aromatic heterocycles. The number of hydrogen-bond acceptors (Lipinski definition) is 3. The highest BCUT2D eigenvalue weighted by atomic mass is 16.4. The van der Waals surface area contributed by atoms with Crippen molar-refractivity contribution in [3.63, 3.8) is 0 Å². The molecule has 5 heteroatoms. The van der Waals surface area contributed by atoms with Crippen LogP contribution >= 0.6 is 0 Å². The largest absolute Gasteiger partial charge is 0.481 e. The van der Waals surface area contributed by atoms with E-state index < -0.39 is 18.4 Å². The molecule has 0 aliphatic rings. The zero-order valence-corrected chi connectivity index (χ0v) is 5.37. The lowest BCUT2D eigenvalue weighted by Gasteiger charge is -1.70. The summed E-state index contributed by atoms with van der Waals surface area (Å²) in [5, 5.41) is 22.7. The summed E-state index contributed by atoms with van der Waals surface area (Å²) in [5.41, 5.74) is 0. The highest BCUT2D eigenvalue weighted by Gasteiger charge is 1.87. The van der Waals surface area contributed by atoms with E-state index in [0.717, 1.165) is 6.92 Å². The Labute approximate surface area is 57.5 Å². The Morgan fingerprint density at radius 3 is 1.80 bits per heavy atom. The first-order chi connectivity index (χ1) is 4.50. The van der Waals surface area contributed by atoms with E-state index in [1.54, 1.807) is 0 Å². The summed E-state index contributed by atoms with van der Waals surface area (Å²) in [7, 11) is 0. The third-order valence-corrected chi connectivity index (χ3v) is 0.230. The van der Waals surface area contributed by atoms with E-state index in [4.69, 9.17) is 20.3 Å². The summed E-state index contributed by atoms with van der Waals surface area (Å²) in [5.74, 6) is -1.91. The molecule has 0 heterocycles. The van der Waals surface area contributed by atoms with Crippen molar-refractivity contribution < 1.29 is 19.8 Å². The predicted octanol–water partition coefficient (Wildman–Crippen LogP) is 0.0756. The van der Waals surface area contributed by atoms with Gasteiger partial charge in [0, 0.05) is 6.92 Å². The van der Waals surface area contributed by atoms with Gasteiger partial charge in [-0.1, -0.05) is 0 Å². The number of rotatable bonds is 1. The molecule has 0 aromatic rings. The Morgan fingerprint density at radius 1 is 1.50 bits per heavy atom. The van der Waals surface area contributed by atoms with Crippen LogP contribution in [0, 0.1) is 11.3 Å². The van der Waals surface area contributed by atoms with Crippen LogP contribution in [-0.2, 0) is 9.59 Å². The van der Waals surface area contributed by atoms with Crippen LogP contribution in [0.1, 0.15) is 13.3 Å². The summed E-state index contributed by atoms with van der Waals surface area (Å²) < 4.78 is 0. The van der Waals surface area contributed by atoms with Gasteiger partial charge >= 0.3 is 5.97 Å². The van der Waals surface area contributed by atoms with E-state index in [-0.39, 0.29) is 0 Å². The van der Waals surface area contributed by atoms with Crippen molar-refractivity contribution in [2.24, 2.45) is 0 Å². The van der Waals surface area contributed by atoms with Crippen molar-refractivity contribution >= 4 is 11.9 Å². The summed E-state index contributed by atoms with van der Waals surface area (Å²) in [6, 6.07) is 1.47. The lowest BCUT2D eigenvalue weighted by atomic mass is 10.5. The van der Waals surface area contributed by atoms with Crippen LogP contribution in [0.2, 0.25) is 0 Å². The molecule has 0 aromatic carbocycles. The van der Waals surface area contributed by atoms with Gasteiger partial charge in [0.15, 0.2) is 0 Å². The Hall–Kier alpha value is -1.57. The molecule has 5 nitrogen and oxygen atoms in total. The number of nitriles is 1. The third kappa shape index (κ3) is 92.7. The van der Waals surface area contributed by atoms with Crippen LogP contribution in [-0.4, -0.2) is 22.2 Å². The maximum atomic E-state index is 9.38. The highest BCUT2D eigenvalue weighted by molar-refractivity contribution is 5.69. The summed E-state index contributed by atoms with van der Waals surface area (Å²) in [6.07, 6.45) is -0.403. The van der Waals surface area contributed by atoms with E-state index in [2.05, 4.69) is 0 Å². The minimum atomic E-state index is -1.07. The van der Waals surface area contributed by atoms with Gasteiger partial charge in [-0.25, -0.2) is 0 Å². The molecule has 0 radical (unpaired) electrons. The number of hydrogen-bond donors (Lipinski definition) is 2. The summed E-state index contributed by atoms with van der Waals surface area (Å²) in [4.78, 5) is 18.4. The Morgan fingerprint density at radius 2 is 1.80 bits per heavy atom. The number of carboxylic acid groups (broad SMARTS) is 2. The van der Waals surface area contributed by atoms with Gasteiger partial charge in [0.1, 0.15) is 6.42 Å². The quantitative estimate of drug-likeness (QED) is 0.544. The van der Waals surface area contributed by atoms with Gasteiger partial charge in [-0.15, -0.1) is 0 Å². The first kappa shape index (κ1) is 11.3. The molecule has 0 bridgehead atoms. The lowest BCUT2D eigenvalue weighted by Crippen LogP contribution is -1.88. The fraction of sp³-hybridized carbons (Fsp3) is 0.400. The Bertz CT molecular complexity index is 154. The maximum Gasteiger partial charge on any atom is 0.317 e. The summed E-state index contributed by atoms with van der Waals surface area (Å²) in [6.45, 7) is 1.08. The predicted molar refractivity (Wildman–Crippen MR) is 31.2 cm³/mol. The minimum Gasteiger partial charge on any atom is -0.481 e. The van der Waals surface area contributed by atoms with E-state index in [1.807, 2.05) is 0 Å². The zero-order valence-electron chi connectivity index (χ0n) is 5.37. The molecule has 0 unspecified atom stereocenters. The number of nitrogens with zero attached hydrogens (tertiary/aromatic N) is 1. The molecule has 0 aliphatic heterocycles. The van der Waals surface area contributed by atoms with Crippen LogP contribution < -0.4 is 0 Å². The smallest absolute Gasteiger partial charge is 0.317 e. The normalized spacial score (nSPS) is 6.40. The van der Waals surface area contributed by atoms with Crippen molar-refractivity contribution in [1.29, 1.82) is 5.26 Å². The number of aliphatic carboxylic acids is 2. The molecule has 2 N–H and O–H groups in total. The van der Waals surface area contributed by atoms with Gasteiger partial charge in [0.05, 0.1) is 6.07 Å². The van der Waals surface area contributed by atoms with Crippen LogP contribution in [0.4, 0.5) is 0 Å². The molecule has 10 heavy (non-hydrogen) atoms. The monoisotopic (exact) mass is 145 g/mol. The van der Waals surface area contributed by atoms with Crippen molar-refractivity contribution in [2.75, 3.05) is 0 Å². The molecular weight excluding hydrogens is 138 g/mol. The van der Waals surface area contributed by atoms with Crippen molar-refractivity contribution in [2.45, 2.75) is 13.3 Å². The second-order valence-electron chi connectivity index (χ2n) is 1.25. The summed E-state index contributed by atoms with van der Waals surface area (Å²) >= 11 is 0. The fourth-order valence-corrected chi connectivity index (χ4v) is 0.0676. The Balaban J connectivity index is 0. The zero-order chi connectivity index (χ0) is 8.57. The number of carbonyl (C=O) groups is 2. The topological polar surface area (TPSA) is 98.4 Å². The van der Waals surface area contributed by atoms with Crippen molar-refractivity contribution in [3.8, 4) is 6.07 Å². The van der Waals surface area contributed by atoms with Crippen molar-refractivity contribution in [3.05, 3.63) is 0 Å². The van der Waals surface area contributed by atoms with E-state index in [9.17, 15) is 4.79 Å². The molecule has 0 saturated carbocycles. The van der Waals surface area contributed by atoms with Crippen LogP contribution in [0.25, 0.3) is 0 Å². The van der Waals surface area contributed by atoms with Gasteiger partial charge in [-0.05, 0) is 0 Å². The fourth-order valence-electron chi connectivity index (χ4n) is 0.0676. The van der Waals surface area contributed by atoms with E-state index >= 15 is 0 Å². The molecule has 56 valence electrons. The van der Waals surface area contributed by atoms with E-state index in [0.29, 0.717) is 0 Å². The van der Waals surface area contributed by atoms with Crippen LogP contribution in [0.3, 0.4) is 0 Å². The molecule has 0 atom stereocenters. The van der Waals surface area contributed by atoms with Crippen molar-refractivity contribution in [1.82, 2.24) is 0 Å². The Kier molecular flexibility index (Phi) is 8.36. The molecule has 0 rings (SSSR count). The van der Waals surface area contributed by atoms with Gasteiger partial charge in [0.2, 0.25) is 0 Å².